The van der Waals surface area contributed by atoms with Crippen molar-refractivity contribution in [2.75, 3.05) is 6.61 Å². The average Bonchev–Trinajstić information content (AvgIpc) is 2.68. The lowest BCUT2D eigenvalue weighted by Crippen LogP contribution is -2.15. The van der Waals surface area contributed by atoms with E-state index in [-0.39, 0.29) is 11.7 Å². The number of Topliss-reactive ketones (excluding diaryl/α,β-unsaturated/α-hetero) is 1. The fraction of sp³-hybridized carbons (Fsp3) is 0.562. The van der Waals surface area contributed by atoms with Crippen molar-refractivity contribution in [1.82, 2.24) is 0 Å². The van der Waals surface area contributed by atoms with Gasteiger partial charge in [-0.1, -0.05) is 37.8 Å². The summed E-state index contributed by atoms with van der Waals surface area (Å²) in [5.41, 5.74) is 0.770. The quantitative estimate of drug-likeness (QED) is 0.586. The van der Waals surface area contributed by atoms with Crippen LogP contribution < -0.4 is 4.74 Å². The Labute approximate surface area is 109 Å². The van der Waals surface area contributed by atoms with Gasteiger partial charge in [-0.25, -0.2) is 0 Å². The van der Waals surface area contributed by atoms with E-state index in [2.05, 4.69) is 0 Å². The highest BCUT2D eigenvalue weighted by atomic mass is 16.5. The van der Waals surface area contributed by atoms with Gasteiger partial charge < -0.3 is 4.74 Å². The second kappa shape index (κ2) is 6.58. The van der Waals surface area contributed by atoms with Gasteiger partial charge in [-0.2, -0.15) is 0 Å². The molecule has 1 aliphatic rings. The van der Waals surface area contributed by atoms with Crippen LogP contribution in [-0.4, -0.2) is 12.4 Å². The molecule has 0 N–H and O–H groups in total. The summed E-state index contributed by atoms with van der Waals surface area (Å²) in [7, 11) is 0. The fourth-order valence-corrected chi connectivity index (χ4v) is 2.71. The molecular formula is C16H22O2. The second-order valence-electron chi connectivity index (χ2n) is 4.98. The van der Waals surface area contributed by atoms with E-state index in [0.717, 1.165) is 24.2 Å². The number of carbonyl (C=O) groups is 1. The third-order valence-corrected chi connectivity index (χ3v) is 3.68. The zero-order valence-corrected chi connectivity index (χ0v) is 11.2. The first-order valence-corrected chi connectivity index (χ1v) is 7.09. The maximum Gasteiger partial charge on any atom is 0.169 e. The first-order valence-electron chi connectivity index (χ1n) is 7.09. The van der Waals surface area contributed by atoms with Gasteiger partial charge in [0.15, 0.2) is 5.78 Å². The van der Waals surface area contributed by atoms with Gasteiger partial charge in [0.05, 0.1) is 12.2 Å². The predicted molar refractivity (Wildman–Crippen MR) is 73.1 cm³/mol. The Balaban J connectivity index is 2.16. The molecule has 0 saturated heterocycles. The number of hydrogen-bond donors (Lipinski definition) is 0. The van der Waals surface area contributed by atoms with Crippen LogP contribution in [0.2, 0.25) is 0 Å². The molecule has 0 spiro atoms. The van der Waals surface area contributed by atoms with Gasteiger partial charge in [0.1, 0.15) is 5.75 Å². The lowest BCUT2D eigenvalue weighted by atomic mass is 9.90. The van der Waals surface area contributed by atoms with Crippen LogP contribution in [0.15, 0.2) is 24.3 Å². The normalized spacial score (nSPS) is 17.2. The Morgan fingerprint density at radius 3 is 2.50 bits per heavy atom. The van der Waals surface area contributed by atoms with E-state index in [1.165, 1.54) is 25.7 Å². The molecule has 2 nitrogen and oxygen atoms in total. The minimum Gasteiger partial charge on any atom is -0.493 e. The number of para-hydroxylation sites is 1. The fourth-order valence-electron chi connectivity index (χ4n) is 2.71. The highest BCUT2D eigenvalue weighted by molar-refractivity contribution is 6.00. The van der Waals surface area contributed by atoms with Gasteiger partial charge in [-0.3, -0.25) is 4.79 Å². The summed E-state index contributed by atoms with van der Waals surface area (Å²) in [6.45, 7) is 2.56. The molecule has 0 radical (unpaired) electrons. The lowest BCUT2D eigenvalue weighted by Gasteiger charge is -2.15. The first kappa shape index (κ1) is 13.1. The molecule has 0 atom stereocenters. The van der Waals surface area contributed by atoms with Crippen LogP contribution in [0.4, 0.5) is 0 Å². The lowest BCUT2D eigenvalue weighted by molar-refractivity contribution is 0.0904. The van der Waals surface area contributed by atoms with Crippen molar-refractivity contribution in [3.8, 4) is 5.75 Å². The Morgan fingerprint density at radius 1 is 1.17 bits per heavy atom. The van der Waals surface area contributed by atoms with E-state index in [1.807, 2.05) is 31.2 Å². The maximum absolute atomic E-state index is 12.6. The highest BCUT2D eigenvalue weighted by Crippen LogP contribution is 2.29. The molecule has 2 rings (SSSR count). The molecule has 98 valence electrons. The van der Waals surface area contributed by atoms with Crippen LogP contribution in [0, 0.1) is 5.92 Å². The summed E-state index contributed by atoms with van der Waals surface area (Å²) < 4.78 is 5.56. The van der Waals surface area contributed by atoms with Gasteiger partial charge in [0.2, 0.25) is 0 Å². The van der Waals surface area contributed by atoms with E-state index < -0.39 is 0 Å². The topological polar surface area (TPSA) is 26.3 Å². The minimum atomic E-state index is 0.203. The van der Waals surface area contributed by atoms with Crippen molar-refractivity contribution in [2.24, 2.45) is 5.92 Å². The second-order valence-corrected chi connectivity index (χ2v) is 4.98. The summed E-state index contributed by atoms with van der Waals surface area (Å²) in [6, 6.07) is 7.65. The summed E-state index contributed by atoms with van der Waals surface area (Å²) in [5.74, 6) is 1.23. The molecule has 0 unspecified atom stereocenters. The molecule has 1 fully saturated rings. The van der Waals surface area contributed by atoms with Gasteiger partial charge in [0.25, 0.3) is 0 Å². The van der Waals surface area contributed by atoms with Gasteiger partial charge in [-0.05, 0) is 31.9 Å². The van der Waals surface area contributed by atoms with E-state index in [9.17, 15) is 4.79 Å². The van der Waals surface area contributed by atoms with Crippen molar-refractivity contribution in [3.05, 3.63) is 29.8 Å². The zero-order valence-electron chi connectivity index (χ0n) is 11.2. The molecule has 0 aliphatic heterocycles. The zero-order chi connectivity index (χ0) is 12.8. The maximum atomic E-state index is 12.6. The molecule has 1 saturated carbocycles. The molecule has 2 heteroatoms. The standard InChI is InChI=1S/C16H22O2/c1-2-18-15-12-8-7-11-14(15)16(17)13-9-5-3-4-6-10-13/h7-8,11-13H,2-6,9-10H2,1H3. The van der Waals surface area contributed by atoms with E-state index >= 15 is 0 Å². The molecule has 1 aromatic carbocycles. The number of rotatable bonds is 4. The van der Waals surface area contributed by atoms with Crippen LogP contribution >= 0.6 is 0 Å². The Morgan fingerprint density at radius 2 is 1.83 bits per heavy atom. The van der Waals surface area contributed by atoms with E-state index in [0.29, 0.717) is 6.61 Å². The minimum absolute atomic E-state index is 0.203. The molecule has 1 aromatic rings. The first-order chi connectivity index (χ1) is 8.83. The third kappa shape index (κ3) is 3.12. The van der Waals surface area contributed by atoms with Crippen molar-refractivity contribution >= 4 is 5.78 Å². The Hall–Kier alpha value is -1.31. The van der Waals surface area contributed by atoms with Crippen molar-refractivity contribution in [2.45, 2.75) is 45.4 Å². The van der Waals surface area contributed by atoms with Crippen molar-refractivity contribution < 1.29 is 9.53 Å². The summed E-state index contributed by atoms with van der Waals surface area (Å²) >= 11 is 0. The van der Waals surface area contributed by atoms with E-state index in [1.54, 1.807) is 0 Å². The molecule has 1 aliphatic carbocycles. The number of hydrogen-bond acceptors (Lipinski definition) is 2. The highest BCUT2D eigenvalue weighted by Gasteiger charge is 2.23. The summed E-state index contributed by atoms with van der Waals surface area (Å²) in [4.78, 5) is 12.6. The third-order valence-electron chi connectivity index (χ3n) is 3.68. The van der Waals surface area contributed by atoms with Crippen LogP contribution in [0.1, 0.15) is 55.8 Å². The van der Waals surface area contributed by atoms with E-state index in [4.69, 9.17) is 4.74 Å². The largest absolute Gasteiger partial charge is 0.493 e. The van der Waals surface area contributed by atoms with Crippen LogP contribution in [0.25, 0.3) is 0 Å². The smallest absolute Gasteiger partial charge is 0.169 e. The van der Waals surface area contributed by atoms with Crippen LogP contribution in [0.3, 0.4) is 0 Å². The van der Waals surface area contributed by atoms with Crippen LogP contribution in [0.5, 0.6) is 5.75 Å². The molecule has 18 heavy (non-hydrogen) atoms. The predicted octanol–water partition coefficient (Wildman–Crippen LogP) is 4.24. The Kier molecular flexibility index (Phi) is 4.80. The SMILES string of the molecule is CCOc1ccccc1C(=O)C1CCCCCC1. The molecule has 0 heterocycles. The number of carbonyl (C=O) groups excluding carboxylic acids is 1. The van der Waals surface area contributed by atoms with Gasteiger partial charge in [0, 0.05) is 5.92 Å². The molecule has 0 aromatic heterocycles. The monoisotopic (exact) mass is 246 g/mol. The summed E-state index contributed by atoms with van der Waals surface area (Å²) in [5, 5.41) is 0. The Bertz CT molecular complexity index is 390. The summed E-state index contributed by atoms with van der Waals surface area (Å²) in [6.07, 6.45) is 7.01. The average molecular weight is 246 g/mol. The number of ether oxygens (including phenoxy) is 1. The van der Waals surface area contributed by atoms with Gasteiger partial charge >= 0.3 is 0 Å². The van der Waals surface area contributed by atoms with Gasteiger partial charge in [-0.15, -0.1) is 0 Å². The van der Waals surface area contributed by atoms with Crippen molar-refractivity contribution in [1.29, 1.82) is 0 Å². The number of ketones is 1. The van der Waals surface area contributed by atoms with Crippen LogP contribution in [-0.2, 0) is 0 Å². The molecule has 0 amide bonds. The molecular weight excluding hydrogens is 224 g/mol. The van der Waals surface area contributed by atoms with Crippen molar-refractivity contribution in [3.63, 3.8) is 0 Å². The number of benzene rings is 1. The molecule has 0 bridgehead atoms.